The van der Waals surface area contributed by atoms with E-state index in [9.17, 15) is 4.79 Å². The van der Waals surface area contributed by atoms with Gasteiger partial charge in [-0.15, -0.1) is 0 Å². The first-order valence-corrected chi connectivity index (χ1v) is 9.91. The van der Waals surface area contributed by atoms with Gasteiger partial charge in [0.1, 0.15) is 5.69 Å². The number of aryl methyl sites for hydroxylation is 2. The van der Waals surface area contributed by atoms with Gasteiger partial charge >= 0.3 is 0 Å². The Kier molecular flexibility index (Phi) is 4.55. The average Bonchev–Trinajstić information content (AvgIpc) is 3.37. The van der Waals surface area contributed by atoms with Crippen LogP contribution in [0.5, 0.6) is 0 Å². The largest absolute Gasteiger partial charge is 0.320 e. The van der Waals surface area contributed by atoms with Crippen LogP contribution in [0.1, 0.15) is 16.1 Å². The molecule has 3 heterocycles. The van der Waals surface area contributed by atoms with Gasteiger partial charge in [-0.3, -0.25) is 9.48 Å². The van der Waals surface area contributed by atoms with Crippen LogP contribution in [0.2, 0.25) is 0 Å². The van der Waals surface area contributed by atoms with Gasteiger partial charge in [-0.05, 0) is 25.1 Å². The van der Waals surface area contributed by atoms with Crippen molar-refractivity contribution >= 4 is 22.6 Å². The van der Waals surface area contributed by atoms with Crippen molar-refractivity contribution in [2.45, 2.75) is 6.92 Å². The molecule has 5 rings (SSSR count). The number of fused-ring (bicyclic) bond motifs is 1. The minimum atomic E-state index is -0.247. The van der Waals surface area contributed by atoms with E-state index in [1.54, 1.807) is 21.8 Å². The minimum Gasteiger partial charge on any atom is -0.320 e. The van der Waals surface area contributed by atoms with Crippen molar-refractivity contribution in [3.05, 3.63) is 90.4 Å². The van der Waals surface area contributed by atoms with Gasteiger partial charge in [0.15, 0.2) is 5.65 Å². The number of pyridine rings is 1. The maximum absolute atomic E-state index is 13.3. The van der Waals surface area contributed by atoms with Crippen molar-refractivity contribution in [2.75, 3.05) is 5.32 Å². The Bertz CT molecular complexity index is 1390. The summed E-state index contributed by atoms with van der Waals surface area (Å²) in [7, 11) is 1.85. The fourth-order valence-electron chi connectivity index (χ4n) is 3.64. The second-order valence-electron chi connectivity index (χ2n) is 7.30. The Labute approximate surface area is 179 Å². The van der Waals surface area contributed by atoms with Crippen LogP contribution in [0.25, 0.3) is 28.0 Å². The molecule has 5 aromatic rings. The molecule has 0 atom stereocenters. The zero-order valence-electron chi connectivity index (χ0n) is 17.1. The van der Waals surface area contributed by atoms with Crippen LogP contribution >= 0.6 is 0 Å². The highest BCUT2D eigenvalue weighted by Crippen LogP contribution is 2.25. The Hall–Kier alpha value is -4.26. The molecule has 0 spiro atoms. The third kappa shape index (κ3) is 3.46. The molecule has 7 heteroatoms. The molecule has 0 saturated carbocycles. The van der Waals surface area contributed by atoms with E-state index in [-0.39, 0.29) is 5.91 Å². The van der Waals surface area contributed by atoms with Gasteiger partial charge in [0.25, 0.3) is 5.91 Å². The van der Waals surface area contributed by atoms with Gasteiger partial charge in [0.2, 0.25) is 0 Å². The second-order valence-corrected chi connectivity index (χ2v) is 7.30. The number of nitrogens with zero attached hydrogens (tertiary/aromatic N) is 5. The zero-order valence-corrected chi connectivity index (χ0v) is 17.1. The Morgan fingerprint density at radius 3 is 2.42 bits per heavy atom. The highest BCUT2D eigenvalue weighted by molar-refractivity contribution is 6.08. The van der Waals surface area contributed by atoms with Crippen molar-refractivity contribution < 1.29 is 4.79 Å². The summed E-state index contributed by atoms with van der Waals surface area (Å²) >= 11 is 0. The molecule has 0 aliphatic carbocycles. The second kappa shape index (κ2) is 7.53. The number of aromatic nitrogens is 5. The van der Waals surface area contributed by atoms with Crippen molar-refractivity contribution in [1.29, 1.82) is 0 Å². The van der Waals surface area contributed by atoms with Crippen molar-refractivity contribution in [3.63, 3.8) is 0 Å². The van der Waals surface area contributed by atoms with Crippen LogP contribution in [0.4, 0.5) is 5.69 Å². The van der Waals surface area contributed by atoms with Crippen LogP contribution in [0.15, 0.2) is 79.1 Å². The maximum atomic E-state index is 13.3. The number of amides is 1. The van der Waals surface area contributed by atoms with Crippen LogP contribution in [-0.4, -0.2) is 30.5 Å². The molecule has 0 unspecified atom stereocenters. The summed E-state index contributed by atoms with van der Waals surface area (Å²) in [6.07, 6.45) is 3.40. The highest BCUT2D eigenvalue weighted by atomic mass is 16.1. The number of hydrogen-bond acceptors (Lipinski definition) is 4. The SMILES string of the molecule is Cc1nn(C)c2ncc(NC(=O)c3cn(-c4ccccc4)nc3-c3ccccc3)cc12. The van der Waals surface area contributed by atoms with E-state index in [0.29, 0.717) is 16.9 Å². The summed E-state index contributed by atoms with van der Waals surface area (Å²) in [5, 5.41) is 13.0. The van der Waals surface area contributed by atoms with E-state index >= 15 is 0 Å². The Balaban J connectivity index is 1.55. The molecule has 0 bridgehead atoms. The van der Waals surface area contributed by atoms with E-state index in [2.05, 4.69) is 15.4 Å². The third-order valence-corrected chi connectivity index (χ3v) is 5.15. The van der Waals surface area contributed by atoms with Gasteiger partial charge in [-0.2, -0.15) is 10.2 Å². The molecule has 0 radical (unpaired) electrons. The predicted octanol–water partition coefficient (Wildman–Crippen LogP) is 4.38. The van der Waals surface area contributed by atoms with Crippen molar-refractivity contribution in [2.24, 2.45) is 7.05 Å². The van der Waals surface area contributed by atoms with Crippen LogP contribution in [0.3, 0.4) is 0 Å². The summed E-state index contributed by atoms with van der Waals surface area (Å²) in [5.74, 6) is -0.247. The van der Waals surface area contributed by atoms with Crippen LogP contribution < -0.4 is 5.32 Å². The summed E-state index contributed by atoms with van der Waals surface area (Å²) < 4.78 is 3.46. The molecular weight excluding hydrogens is 388 g/mol. The van der Waals surface area contributed by atoms with Crippen LogP contribution in [0, 0.1) is 6.92 Å². The smallest absolute Gasteiger partial charge is 0.259 e. The summed E-state index contributed by atoms with van der Waals surface area (Å²) in [6.45, 7) is 1.92. The first kappa shape index (κ1) is 18.7. The number of hydrogen-bond donors (Lipinski definition) is 1. The summed E-state index contributed by atoms with van der Waals surface area (Å²) in [6, 6.07) is 21.3. The van der Waals surface area contributed by atoms with Gasteiger partial charge in [-0.1, -0.05) is 48.5 Å². The zero-order chi connectivity index (χ0) is 21.4. The van der Waals surface area contributed by atoms with Crippen LogP contribution in [-0.2, 0) is 7.05 Å². The van der Waals surface area contributed by atoms with Gasteiger partial charge < -0.3 is 5.32 Å². The number of rotatable bonds is 4. The predicted molar refractivity (Wildman–Crippen MR) is 120 cm³/mol. The molecule has 0 fully saturated rings. The molecule has 0 saturated heterocycles. The average molecular weight is 408 g/mol. The molecular formula is C24H20N6O. The number of carbonyl (C=O) groups excluding carboxylic acids is 1. The van der Waals surface area contributed by atoms with E-state index < -0.39 is 0 Å². The van der Waals surface area contributed by atoms with E-state index in [1.165, 1.54) is 0 Å². The molecule has 3 aromatic heterocycles. The molecule has 1 N–H and O–H groups in total. The van der Waals surface area contributed by atoms with Gasteiger partial charge in [0.05, 0.1) is 28.8 Å². The molecule has 31 heavy (non-hydrogen) atoms. The molecule has 2 aromatic carbocycles. The minimum absolute atomic E-state index is 0.247. The molecule has 0 aliphatic heterocycles. The first-order valence-electron chi connectivity index (χ1n) is 9.91. The lowest BCUT2D eigenvalue weighted by Gasteiger charge is -2.06. The molecule has 1 amide bonds. The summed E-state index contributed by atoms with van der Waals surface area (Å²) in [5.41, 5.74) is 5.11. The fourth-order valence-corrected chi connectivity index (χ4v) is 3.64. The standard InChI is InChI=1S/C24H20N6O/c1-16-20-13-18(14-25-23(20)29(2)27-16)26-24(31)21-15-30(19-11-7-4-8-12-19)28-22(21)17-9-5-3-6-10-17/h3-15H,1-2H3,(H,26,31). The van der Waals surface area contributed by atoms with Gasteiger partial charge in [0, 0.05) is 24.2 Å². The number of benzene rings is 2. The fraction of sp³-hybridized carbons (Fsp3) is 0.0833. The lowest BCUT2D eigenvalue weighted by atomic mass is 10.1. The highest BCUT2D eigenvalue weighted by Gasteiger charge is 2.19. The van der Waals surface area contributed by atoms with Gasteiger partial charge in [-0.25, -0.2) is 9.67 Å². The topological polar surface area (TPSA) is 77.6 Å². The first-order chi connectivity index (χ1) is 15.1. The summed E-state index contributed by atoms with van der Waals surface area (Å²) in [4.78, 5) is 17.7. The van der Waals surface area contributed by atoms with Crippen molar-refractivity contribution in [1.82, 2.24) is 24.5 Å². The molecule has 7 nitrogen and oxygen atoms in total. The van der Waals surface area contributed by atoms with Crippen molar-refractivity contribution in [3.8, 4) is 16.9 Å². The lowest BCUT2D eigenvalue weighted by Crippen LogP contribution is -2.12. The molecule has 0 aliphatic rings. The number of para-hydroxylation sites is 1. The normalized spacial score (nSPS) is 11.0. The quantitative estimate of drug-likeness (QED) is 0.479. The monoisotopic (exact) mass is 408 g/mol. The number of carbonyl (C=O) groups is 1. The number of anilines is 1. The Morgan fingerprint density at radius 2 is 1.68 bits per heavy atom. The van der Waals surface area contributed by atoms with E-state index in [4.69, 9.17) is 5.10 Å². The third-order valence-electron chi connectivity index (χ3n) is 5.15. The maximum Gasteiger partial charge on any atom is 0.259 e. The molecule has 152 valence electrons. The van der Waals surface area contributed by atoms with E-state index in [1.807, 2.05) is 80.7 Å². The van der Waals surface area contributed by atoms with E-state index in [0.717, 1.165) is 28.0 Å². The lowest BCUT2D eigenvalue weighted by molar-refractivity contribution is 0.102. The number of nitrogens with one attached hydrogen (secondary N) is 1. The Morgan fingerprint density at radius 1 is 0.968 bits per heavy atom.